The van der Waals surface area contributed by atoms with Gasteiger partial charge in [-0.15, -0.1) is 0 Å². The molecule has 1 aliphatic heterocycles. The molecule has 146 valence electrons. The molecule has 1 aromatic carbocycles. The fourth-order valence-corrected chi connectivity index (χ4v) is 3.37. The zero-order valence-electron chi connectivity index (χ0n) is 16.0. The van der Waals surface area contributed by atoms with Crippen molar-refractivity contribution in [2.45, 2.75) is 25.5 Å². The second-order valence-corrected chi connectivity index (χ2v) is 6.93. The third-order valence-electron chi connectivity index (χ3n) is 5.05. The van der Waals surface area contributed by atoms with Gasteiger partial charge in [0.15, 0.2) is 11.6 Å². The van der Waals surface area contributed by atoms with Crippen LogP contribution in [0.2, 0.25) is 0 Å². The number of hydrogen-bond acceptors (Lipinski definition) is 6. The zero-order valence-corrected chi connectivity index (χ0v) is 16.0. The number of piperidine rings is 1. The van der Waals surface area contributed by atoms with Crippen molar-refractivity contribution in [3.8, 4) is 22.6 Å². The van der Waals surface area contributed by atoms with Gasteiger partial charge >= 0.3 is 0 Å². The minimum atomic E-state index is 0.378. The van der Waals surface area contributed by atoms with Gasteiger partial charge in [-0.25, -0.2) is 4.98 Å². The predicted octanol–water partition coefficient (Wildman–Crippen LogP) is 3.04. The van der Waals surface area contributed by atoms with E-state index >= 15 is 0 Å². The smallest absolute Gasteiger partial charge is 0.166 e. The number of anilines is 1. The van der Waals surface area contributed by atoms with E-state index in [1.165, 1.54) is 0 Å². The molecular weight excluding hydrogens is 354 g/mol. The Morgan fingerprint density at radius 1 is 1.14 bits per heavy atom. The lowest BCUT2D eigenvalue weighted by molar-refractivity contribution is 0.307. The summed E-state index contributed by atoms with van der Waals surface area (Å²) in [5.74, 6) is 1.77. The van der Waals surface area contributed by atoms with Crippen LogP contribution in [0.15, 0.2) is 48.9 Å². The highest BCUT2D eigenvalue weighted by molar-refractivity contribution is 5.65. The number of nitrogens with two attached hydrogens (primary N) is 1. The summed E-state index contributed by atoms with van der Waals surface area (Å²) in [5, 5.41) is 7.94. The molecule has 4 rings (SSSR count). The monoisotopic (exact) mass is 379 g/mol. The van der Waals surface area contributed by atoms with E-state index < -0.39 is 0 Å². The molecule has 2 aromatic heterocycles. The lowest BCUT2D eigenvalue weighted by Gasteiger charge is -2.22. The van der Waals surface area contributed by atoms with E-state index in [1.54, 1.807) is 13.3 Å². The molecule has 0 radical (unpaired) electrons. The van der Waals surface area contributed by atoms with Crippen LogP contribution in [0.5, 0.6) is 11.5 Å². The van der Waals surface area contributed by atoms with Crippen molar-refractivity contribution < 1.29 is 9.47 Å². The first kappa shape index (κ1) is 18.3. The van der Waals surface area contributed by atoms with Crippen LogP contribution in [0.25, 0.3) is 11.1 Å². The lowest BCUT2D eigenvalue weighted by atomic mass is 10.1. The van der Waals surface area contributed by atoms with Crippen molar-refractivity contribution >= 4 is 5.82 Å². The summed E-state index contributed by atoms with van der Waals surface area (Å²) in [7, 11) is 1.65. The number of benzene rings is 1. The highest BCUT2D eigenvalue weighted by Gasteiger charge is 2.16. The second kappa shape index (κ2) is 8.31. The number of hydrogen-bond donors (Lipinski definition) is 2. The summed E-state index contributed by atoms with van der Waals surface area (Å²) in [4.78, 5) is 4.30. The first-order valence-corrected chi connectivity index (χ1v) is 9.49. The third kappa shape index (κ3) is 4.09. The Hall–Kier alpha value is -3.06. The maximum Gasteiger partial charge on any atom is 0.166 e. The van der Waals surface area contributed by atoms with Crippen LogP contribution in [0.1, 0.15) is 24.4 Å². The maximum atomic E-state index is 6.02. The summed E-state index contributed by atoms with van der Waals surface area (Å²) < 4.78 is 13.2. The van der Waals surface area contributed by atoms with Crippen molar-refractivity contribution in [1.82, 2.24) is 20.1 Å². The lowest BCUT2D eigenvalue weighted by Crippen LogP contribution is -2.29. The van der Waals surface area contributed by atoms with Crippen molar-refractivity contribution in [2.24, 2.45) is 0 Å². The Bertz CT molecular complexity index is 917. The van der Waals surface area contributed by atoms with Gasteiger partial charge < -0.3 is 20.5 Å². The first-order valence-electron chi connectivity index (χ1n) is 9.49. The number of nitrogens with zero attached hydrogens (tertiary/aromatic N) is 3. The van der Waals surface area contributed by atoms with Gasteiger partial charge in [-0.05, 0) is 49.7 Å². The van der Waals surface area contributed by atoms with E-state index in [4.69, 9.17) is 15.2 Å². The van der Waals surface area contributed by atoms with E-state index in [0.29, 0.717) is 24.2 Å². The van der Waals surface area contributed by atoms with Crippen LogP contribution in [-0.2, 0) is 6.61 Å². The molecule has 0 amide bonds. The summed E-state index contributed by atoms with van der Waals surface area (Å²) in [6, 6.07) is 10.1. The molecule has 0 bridgehead atoms. The number of aromatic nitrogens is 3. The Kier molecular flexibility index (Phi) is 5.43. The largest absolute Gasteiger partial charge is 0.497 e. The van der Waals surface area contributed by atoms with Gasteiger partial charge in [0.2, 0.25) is 0 Å². The molecule has 1 fully saturated rings. The fourth-order valence-electron chi connectivity index (χ4n) is 3.37. The number of nitrogens with one attached hydrogen (secondary N) is 1. The molecule has 3 N–H and O–H groups in total. The van der Waals surface area contributed by atoms with Crippen LogP contribution >= 0.6 is 0 Å². The Morgan fingerprint density at radius 3 is 2.68 bits per heavy atom. The van der Waals surface area contributed by atoms with E-state index in [2.05, 4.69) is 26.3 Å². The minimum Gasteiger partial charge on any atom is -0.497 e. The normalized spacial score (nSPS) is 14.8. The van der Waals surface area contributed by atoms with Crippen LogP contribution in [-0.4, -0.2) is 35.0 Å². The summed E-state index contributed by atoms with van der Waals surface area (Å²) in [5.41, 5.74) is 9.01. The summed E-state index contributed by atoms with van der Waals surface area (Å²) in [6.45, 7) is 2.48. The standard InChI is InChI=1S/C21H25N5O2/c1-27-19-4-2-15(3-5-19)14-28-20-10-16(11-24-21(20)22)17-12-25-26(13-17)18-6-8-23-9-7-18/h2-5,10-13,18,23H,6-9,14H2,1H3,(H2,22,24). The van der Waals surface area contributed by atoms with Crippen LogP contribution < -0.4 is 20.5 Å². The molecule has 7 heteroatoms. The number of pyridine rings is 1. The summed E-state index contributed by atoms with van der Waals surface area (Å²) in [6.07, 6.45) is 7.91. The number of methoxy groups -OCH3 is 1. The van der Waals surface area contributed by atoms with Crippen LogP contribution in [0.4, 0.5) is 5.82 Å². The average Bonchev–Trinajstić information content (AvgIpc) is 3.24. The molecule has 0 aliphatic carbocycles. The number of ether oxygens (including phenoxy) is 2. The molecule has 3 heterocycles. The molecule has 28 heavy (non-hydrogen) atoms. The quantitative estimate of drug-likeness (QED) is 0.685. The van der Waals surface area contributed by atoms with Gasteiger partial charge in [0, 0.05) is 23.5 Å². The van der Waals surface area contributed by atoms with Crippen LogP contribution in [0, 0.1) is 0 Å². The van der Waals surface area contributed by atoms with Crippen LogP contribution in [0.3, 0.4) is 0 Å². The zero-order chi connectivity index (χ0) is 19.3. The van der Waals surface area contributed by atoms with E-state index in [9.17, 15) is 0 Å². The number of rotatable bonds is 6. The molecule has 1 aliphatic rings. The summed E-state index contributed by atoms with van der Waals surface area (Å²) >= 11 is 0. The molecule has 1 saturated heterocycles. The van der Waals surface area contributed by atoms with Crippen molar-refractivity contribution in [3.05, 3.63) is 54.5 Å². The SMILES string of the molecule is COc1ccc(COc2cc(-c3cnn(C4CCNCC4)c3)cnc2N)cc1. The van der Waals surface area contributed by atoms with E-state index in [-0.39, 0.29) is 0 Å². The van der Waals surface area contributed by atoms with E-state index in [1.807, 2.05) is 36.5 Å². The first-order chi connectivity index (χ1) is 13.7. The molecule has 7 nitrogen and oxygen atoms in total. The Balaban J connectivity index is 1.48. The molecule has 0 spiro atoms. The molecular formula is C21H25N5O2. The van der Waals surface area contributed by atoms with Gasteiger partial charge in [-0.3, -0.25) is 4.68 Å². The molecule has 0 unspecified atom stereocenters. The molecule has 3 aromatic rings. The Morgan fingerprint density at radius 2 is 1.93 bits per heavy atom. The van der Waals surface area contributed by atoms with Gasteiger partial charge in [0.1, 0.15) is 12.4 Å². The Labute approximate surface area is 164 Å². The average molecular weight is 379 g/mol. The maximum absolute atomic E-state index is 6.02. The molecule has 0 saturated carbocycles. The molecule has 0 atom stereocenters. The van der Waals surface area contributed by atoms with E-state index in [0.717, 1.165) is 48.4 Å². The fraction of sp³-hybridized carbons (Fsp3) is 0.333. The number of nitrogen functional groups attached to an aromatic ring is 1. The van der Waals surface area contributed by atoms with Gasteiger partial charge in [0.05, 0.1) is 19.3 Å². The second-order valence-electron chi connectivity index (χ2n) is 6.93. The predicted molar refractivity (Wildman–Crippen MR) is 108 cm³/mol. The highest BCUT2D eigenvalue weighted by Crippen LogP contribution is 2.29. The van der Waals surface area contributed by atoms with Crippen molar-refractivity contribution in [2.75, 3.05) is 25.9 Å². The highest BCUT2D eigenvalue weighted by atomic mass is 16.5. The van der Waals surface area contributed by atoms with Gasteiger partial charge in [0.25, 0.3) is 0 Å². The van der Waals surface area contributed by atoms with Crippen molar-refractivity contribution in [3.63, 3.8) is 0 Å². The topological polar surface area (TPSA) is 87.2 Å². The van der Waals surface area contributed by atoms with Gasteiger partial charge in [-0.2, -0.15) is 5.10 Å². The third-order valence-corrected chi connectivity index (χ3v) is 5.05. The van der Waals surface area contributed by atoms with Gasteiger partial charge in [-0.1, -0.05) is 12.1 Å². The van der Waals surface area contributed by atoms with Crippen molar-refractivity contribution in [1.29, 1.82) is 0 Å². The minimum absolute atomic E-state index is 0.378.